The lowest BCUT2D eigenvalue weighted by Gasteiger charge is -2.35. The fourth-order valence-corrected chi connectivity index (χ4v) is 3.96. The molecule has 6 nitrogen and oxygen atoms in total. The van der Waals surface area contributed by atoms with Gasteiger partial charge < -0.3 is 15.4 Å². The molecule has 3 atom stereocenters. The van der Waals surface area contributed by atoms with Gasteiger partial charge in [0.15, 0.2) is 0 Å². The number of carbonyl (C=O) groups excluding carboxylic acids is 1. The Bertz CT molecular complexity index is 567. The van der Waals surface area contributed by atoms with E-state index in [1.165, 1.54) is 0 Å². The molecule has 8 heteroatoms. The highest BCUT2D eigenvalue weighted by atomic mass is 35.5. The molecule has 1 unspecified atom stereocenters. The highest BCUT2D eigenvalue weighted by molar-refractivity contribution is 5.85. The van der Waals surface area contributed by atoms with Gasteiger partial charge in [0, 0.05) is 24.7 Å². The first-order valence-electron chi connectivity index (χ1n) is 8.70. The molecule has 144 valence electrons. The van der Waals surface area contributed by atoms with E-state index in [0.717, 1.165) is 30.7 Å². The average Bonchev–Trinajstić information content (AvgIpc) is 3.13. The summed E-state index contributed by atoms with van der Waals surface area (Å²) in [5.41, 5.74) is 7.98. The zero-order chi connectivity index (χ0) is 16.4. The molecule has 1 amide bonds. The lowest BCUT2D eigenvalue weighted by atomic mass is 9.94. The van der Waals surface area contributed by atoms with E-state index in [2.05, 4.69) is 18.1 Å². The Kier molecular flexibility index (Phi) is 8.68. The van der Waals surface area contributed by atoms with Gasteiger partial charge in [0.25, 0.3) is 0 Å². The Hall–Kier alpha value is -0.820. The second kappa shape index (κ2) is 9.76. The minimum atomic E-state index is 0. The second-order valence-electron chi connectivity index (χ2n) is 6.92. The van der Waals surface area contributed by atoms with Gasteiger partial charge in [0.2, 0.25) is 5.91 Å². The number of rotatable bonds is 4. The maximum Gasteiger partial charge on any atom is 0.226 e. The molecule has 1 saturated carbocycles. The van der Waals surface area contributed by atoms with E-state index in [-0.39, 0.29) is 42.7 Å². The van der Waals surface area contributed by atoms with Crippen molar-refractivity contribution in [2.75, 3.05) is 26.2 Å². The Morgan fingerprint density at radius 3 is 2.76 bits per heavy atom. The number of aromatic nitrogens is 2. The van der Waals surface area contributed by atoms with Crippen molar-refractivity contribution in [3.8, 4) is 0 Å². The van der Waals surface area contributed by atoms with Crippen LogP contribution in [0.2, 0.25) is 0 Å². The molecule has 1 saturated heterocycles. The van der Waals surface area contributed by atoms with E-state index in [9.17, 15) is 4.79 Å². The van der Waals surface area contributed by atoms with Crippen LogP contribution in [0.1, 0.15) is 30.7 Å². The summed E-state index contributed by atoms with van der Waals surface area (Å²) < 4.78 is 7.84. The highest BCUT2D eigenvalue weighted by Crippen LogP contribution is 2.32. The Balaban J connectivity index is 0.00000156. The van der Waals surface area contributed by atoms with Gasteiger partial charge in [-0.15, -0.1) is 24.8 Å². The molecule has 1 aromatic heterocycles. The van der Waals surface area contributed by atoms with Crippen LogP contribution in [-0.2, 0) is 16.1 Å². The van der Waals surface area contributed by atoms with Crippen molar-refractivity contribution in [2.24, 2.45) is 17.6 Å². The van der Waals surface area contributed by atoms with E-state index in [1.807, 2.05) is 16.5 Å². The number of amides is 1. The third-order valence-electron chi connectivity index (χ3n) is 5.21. The molecule has 2 aliphatic rings. The molecule has 0 bridgehead atoms. The molecule has 1 aliphatic carbocycles. The summed E-state index contributed by atoms with van der Waals surface area (Å²) in [5, 5.41) is 4.49. The predicted molar refractivity (Wildman–Crippen MR) is 102 cm³/mol. The molecule has 25 heavy (non-hydrogen) atoms. The van der Waals surface area contributed by atoms with Crippen LogP contribution in [0.3, 0.4) is 0 Å². The van der Waals surface area contributed by atoms with Gasteiger partial charge in [0.05, 0.1) is 24.9 Å². The van der Waals surface area contributed by atoms with E-state index < -0.39 is 0 Å². The molecule has 1 aromatic rings. The molecule has 2 heterocycles. The van der Waals surface area contributed by atoms with Gasteiger partial charge in [-0.05, 0) is 45.2 Å². The van der Waals surface area contributed by atoms with Gasteiger partial charge >= 0.3 is 0 Å². The highest BCUT2D eigenvalue weighted by Gasteiger charge is 2.36. The lowest BCUT2D eigenvalue weighted by molar-refractivity contribution is -0.144. The summed E-state index contributed by atoms with van der Waals surface area (Å²) >= 11 is 0. The number of hydrogen-bond acceptors (Lipinski definition) is 4. The normalized spacial score (nSPS) is 26.0. The van der Waals surface area contributed by atoms with Crippen LogP contribution in [0.15, 0.2) is 6.07 Å². The van der Waals surface area contributed by atoms with Crippen molar-refractivity contribution >= 4 is 30.7 Å². The van der Waals surface area contributed by atoms with Gasteiger partial charge in [-0.3, -0.25) is 9.48 Å². The number of nitrogens with zero attached hydrogens (tertiary/aromatic N) is 3. The Labute approximate surface area is 162 Å². The number of ether oxygens (including phenoxy) is 1. The number of carbonyl (C=O) groups is 1. The van der Waals surface area contributed by atoms with Gasteiger partial charge in [-0.1, -0.05) is 6.42 Å². The summed E-state index contributed by atoms with van der Waals surface area (Å²) in [6, 6.07) is 2.07. The molecule has 2 fully saturated rings. The first-order valence-corrected chi connectivity index (χ1v) is 8.70. The Morgan fingerprint density at radius 2 is 2.12 bits per heavy atom. The van der Waals surface area contributed by atoms with Crippen LogP contribution in [0.5, 0.6) is 0 Å². The topological polar surface area (TPSA) is 73.4 Å². The quantitative estimate of drug-likeness (QED) is 0.849. The third kappa shape index (κ3) is 5.09. The molecule has 0 radical (unpaired) electrons. The van der Waals surface area contributed by atoms with Crippen molar-refractivity contribution in [3.63, 3.8) is 0 Å². The number of nitrogens with two attached hydrogens (primary N) is 1. The van der Waals surface area contributed by atoms with Crippen LogP contribution in [0, 0.1) is 25.7 Å². The zero-order valence-corrected chi connectivity index (χ0v) is 16.7. The largest absolute Gasteiger partial charge is 0.373 e. The smallest absolute Gasteiger partial charge is 0.226 e. The van der Waals surface area contributed by atoms with Crippen LogP contribution in [0.4, 0.5) is 0 Å². The van der Waals surface area contributed by atoms with Crippen molar-refractivity contribution in [3.05, 3.63) is 17.5 Å². The SMILES string of the molecule is Cc1cc(C)n(CC2CN(C(=O)[C@@H]3CCC[C@@H]3CN)CCO2)n1.Cl.Cl. The predicted octanol–water partition coefficient (Wildman–Crippen LogP) is 1.95. The van der Waals surface area contributed by atoms with Crippen LogP contribution in [-0.4, -0.2) is 52.9 Å². The standard InChI is InChI=1S/C17H28N4O2.2ClH/c1-12-8-13(2)21(19-12)11-15-10-20(6-7-23-15)17(22)16-5-3-4-14(16)9-18;;/h8,14-16H,3-7,9-11,18H2,1-2H3;2*1H/t14-,15?,16-;;/m1../s1. The van der Waals surface area contributed by atoms with Gasteiger partial charge in [-0.25, -0.2) is 0 Å². The maximum absolute atomic E-state index is 12.8. The van der Waals surface area contributed by atoms with Crippen molar-refractivity contribution in [1.82, 2.24) is 14.7 Å². The molecule has 0 spiro atoms. The number of halogens is 2. The summed E-state index contributed by atoms with van der Waals surface area (Å²) in [4.78, 5) is 14.8. The average molecular weight is 393 g/mol. The number of morpholine rings is 1. The molecular weight excluding hydrogens is 363 g/mol. The lowest BCUT2D eigenvalue weighted by Crippen LogP contribution is -2.50. The first-order chi connectivity index (χ1) is 11.1. The molecule has 2 N–H and O–H groups in total. The number of hydrogen-bond donors (Lipinski definition) is 1. The minimum absolute atomic E-state index is 0. The summed E-state index contributed by atoms with van der Waals surface area (Å²) in [6.45, 7) is 7.33. The van der Waals surface area contributed by atoms with Crippen molar-refractivity contribution in [2.45, 2.75) is 45.8 Å². The molecule has 1 aliphatic heterocycles. The van der Waals surface area contributed by atoms with Crippen LogP contribution in [0.25, 0.3) is 0 Å². The van der Waals surface area contributed by atoms with E-state index >= 15 is 0 Å². The van der Waals surface area contributed by atoms with Gasteiger partial charge in [-0.2, -0.15) is 5.10 Å². The van der Waals surface area contributed by atoms with Gasteiger partial charge in [0.1, 0.15) is 0 Å². The fourth-order valence-electron chi connectivity index (χ4n) is 3.96. The van der Waals surface area contributed by atoms with E-state index in [0.29, 0.717) is 38.7 Å². The first kappa shape index (κ1) is 22.2. The Morgan fingerprint density at radius 1 is 1.36 bits per heavy atom. The third-order valence-corrected chi connectivity index (χ3v) is 5.21. The van der Waals surface area contributed by atoms with Crippen LogP contribution < -0.4 is 5.73 Å². The maximum atomic E-state index is 12.8. The van der Waals surface area contributed by atoms with E-state index in [4.69, 9.17) is 10.5 Å². The van der Waals surface area contributed by atoms with Crippen molar-refractivity contribution < 1.29 is 9.53 Å². The molecule has 0 aromatic carbocycles. The zero-order valence-electron chi connectivity index (χ0n) is 15.0. The number of aryl methyl sites for hydroxylation is 2. The second-order valence-corrected chi connectivity index (χ2v) is 6.92. The monoisotopic (exact) mass is 392 g/mol. The molecular formula is C17H30Cl2N4O2. The fraction of sp³-hybridized carbons (Fsp3) is 0.765. The van der Waals surface area contributed by atoms with E-state index in [1.54, 1.807) is 0 Å². The summed E-state index contributed by atoms with van der Waals surface area (Å²) in [6.07, 6.45) is 3.22. The summed E-state index contributed by atoms with van der Waals surface area (Å²) in [5.74, 6) is 0.756. The summed E-state index contributed by atoms with van der Waals surface area (Å²) in [7, 11) is 0. The van der Waals surface area contributed by atoms with Crippen molar-refractivity contribution in [1.29, 1.82) is 0 Å². The minimum Gasteiger partial charge on any atom is -0.373 e. The molecule has 3 rings (SSSR count). The van der Waals surface area contributed by atoms with Crippen LogP contribution >= 0.6 is 24.8 Å².